The number of amides is 1. The average Bonchev–Trinajstić information content (AvgIpc) is 3.38. The SMILES string of the molecule is COC(=O)c1ccccc1NC(=O)CN(C)c1nn2c(NC(C)(C)C)c(-c3ccc(C)cc3)nc2s1. The maximum absolute atomic E-state index is 12.8. The lowest BCUT2D eigenvalue weighted by Gasteiger charge is -2.22. The summed E-state index contributed by atoms with van der Waals surface area (Å²) in [5, 5.41) is 11.7. The van der Waals surface area contributed by atoms with Gasteiger partial charge in [-0.3, -0.25) is 4.79 Å². The van der Waals surface area contributed by atoms with Crippen LogP contribution in [-0.4, -0.2) is 52.7 Å². The fourth-order valence-corrected chi connectivity index (χ4v) is 4.49. The van der Waals surface area contributed by atoms with E-state index in [1.54, 1.807) is 40.7 Å². The summed E-state index contributed by atoms with van der Waals surface area (Å²) in [5.74, 6) is 0.00690. The fraction of sp³-hybridized carbons (Fsp3) is 0.308. The number of nitrogens with one attached hydrogen (secondary N) is 2. The molecule has 0 saturated carbocycles. The van der Waals surface area contributed by atoms with Gasteiger partial charge >= 0.3 is 5.97 Å². The molecule has 10 heteroatoms. The zero-order valence-electron chi connectivity index (χ0n) is 21.2. The Morgan fingerprint density at radius 1 is 1.11 bits per heavy atom. The number of rotatable bonds is 7. The van der Waals surface area contributed by atoms with Gasteiger partial charge in [0, 0.05) is 18.2 Å². The maximum atomic E-state index is 12.8. The predicted octanol–water partition coefficient (Wildman–Crippen LogP) is 4.84. The van der Waals surface area contributed by atoms with E-state index in [9.17, 15) is 9.59 Å². The monoisotopic (exact) mass is 506 g/mol. The number of carbonyl (C=O) groups excluding carboxylic acids is 2. The van der Waals surface area contributed by atoms with Gasteiger partial charge in [-0.25, -0.2) is 9.78 Å². The van der Waals surface area contributed by atoms with E-state index >= 15 is 0 Å². The number of anilines is 3. The van der Waals surface area contributed by atoms with Crippen LogP contribution in [0.4, 0.5) is 16.6 Å². The molecule has 188 valence electrons. The highest BCUT2D eigenvalue weighted by atomic mass is 32.1. The molecule has 36 heavy (non-hydrogen) atoms. The Labute approximate surface area is 214 Å². The molecule has 2 aromatic heterocycles. The van der Waals surface area contributed by atoms with Crippen LogP contribution in [-0.2, 0) is 9.53 Å². The lowest BCUT2D eigenvalue weighted by Crippen LogP contribution is -2.30. The second-order valence-electron chi connectivity index (χ2n) is 9.57. The van der Waals surface area contributed by atoms with E-state index < -0.39 is 5.97 Å². The molecule has 0 atom stereocenters. The number of para-hydroxylation sites is 1. The Kier molecular flexibility index (Phi) is 6.98. The van der Waals surface area contributed by atoms with Crippen molar-refractivity contribution < 1.29 is 14.3 Å². The van der Waals surface area contributed by atoms with Gasteiger partial charge in [0.2, 0.25) is 16.0 Å². The molecule has 0 saturated heterocycles. The van der Waals surface area contributed by atoms with Gasteiger partial charge in [0.15, 0.2) is 5.82 Å². The van der Waals surface area contributed by atoms with E-state index in [0.717, 1.165) is 22.0 Å². The Balaban J connectivity index is 1.58. The van der Waals surface area contributed by atoms with Crippen molar-refractivity contribution in [1.29, 1.82) is 0 Å². The van der Waals surface area contributed by atoms with E-state index in [2.05, 4.69) is 62.6 Å². The van der Waals surface area contributed by atoms with Crippen molar-refractivity contribution in [3.8, 4) is 11.3 Å². The van der Waals surface area contributed by atoms with Crippen LogP contribution in [0.5, 0.6) is 0 Å². The summed E-state index contributed by atoms with van der Waals surface area (Å²) >= 11 is 1.40. The van der Waals surface area contributed by atoms with Crippen LogP contribution >= 0.6 is 11.3 Å². The average molecular weight is 507 g/mol. The number of hydrogen-bond acceptors (Lipinski definition) is 8. The topological polar surface area (TPSA) is 101 Å². The number of aryl methyl sites for hydroxylation is 1. The van der Waals surface area contributed by atoms with Gasteiger partial charge in [-0.05, 0) is 39.8 Å². The lowest BCUT2D eigenvalue weighted by molar-refractivity contribution is -0.114. The third-order valence-corrected chi connectivity index (χ3v) is 6.35. The van der Waals surface area contributed by atoms with Gasteiger partial charge in [-0.15, -0.1) is 5.10 Å². The molecule has 0 aliphatic rings. The summed E-state index contributed by atoms with van der Waals surface area (Å²) in [4.78, 5) is 32.1. The van der Waals surface area contributed by atoms with Crippen LogP contribution in [0.1, 0.15) is 36.7 Å². The molecule has 4 rings (SSSR count). The van der Waals surface area contributed by atoms with Gasteiger partial charge in [-0.2, -0.15) is 4.52 Å². The molecule has 9 nitrogen and oxygen atoms in total. The van der Waals surface area contributed by atoms with Crippen molar-refractivity contribution in [2.75, 3.05) is 36.2 Å². The van der Waals surface area contributed by atoms with Crippen molar-refractivity contribution in [2.45, 2.75) is 33.2 Å². The van der Waals surface area contributed by atoms with Crippen molar-refractivity contribution in [1.82, 2.24) is 14.6 Å². The second kappa shape index (κ2) is 9.98. The zero-order valence-corrected chi connectivity index (χ0v) is 22.1. The number of ether oxygens (including phenoxy) is 1. The number of hydrogen-bond donors (Lipinski definition) is 2. The minimum absolute atomic E-state index is 0.0407. The third-order valence-electron chi connectivity index (χ3n) is 5.33. The Bertz CT molecular complexity index is 1400. The maximum Gasteiger partial charge on any atom is 0.339 e. The molecule has 0 spiro atoms. The molecule has 2 N–H and O–H groups in total. The minimum Gasteiger partial charge on any atom is -0.465 e. The van der Waals surface area contributed by atoms with Crippen LogP contribution in [0.15, 0.2) is 48.5 Å². The molecule has 2 aromatic carbocycles. The van der Waals surface area contributed by atoms with Crippen molar-refractivity contribution in [2.24, 2.45) is 0 Å². The molecule has 0 aliphatic heterocycles. The predicted molar refractivity (Wildman–Crippen MR) is 144 cm³/mol. The number of nitrogens with zero attached hydrogens (tertiary/aromatic N) is 4. The summed E-state index contributed by atoms with van der Waals surface area (Å²) in [6.07, 6.45) is 0. The van der Waals surface area contributed by atoms with Crippen LogP contribution in [0.2, 0.25) is 0 Å². The van der Waals surface area contributed by atoms with E-state index in [-0.39, 0.29) is 18.0 Å². The normalized spacial score (nSPS) is 11.4. The quantitative estimate of drug-likeness (QED) is 0.346. The molecule has 0 aliphatic carbocycles. The largest absolute Gasteiger partial charge is 0.465 e. The highest BCUT2D eigenvalue weighted by Crippen LogP contribution is 2.34. The number of imidazole rings is 1. The van der Waals surface area contributed by atoms with E-state index in [1.165, 1.54) is 24.0 Å². The molecule has 0 bridgehead atoms. The summed E-state index contributed by atoms with van der Waals surface area (Å²) < 4.78 is 6.60. The molecular weight excluding hydrogens is 476 g/mol. The van der Waals surface area contributed by atoms with Crippen molar-refractivity contribution in [3.63, 3.8) is 0 Å². The Morgan fingerprint density at radius 3 is 2.47 bits per heavy atom. The molecule has 2 heterocycles. The highest BCUT2D eigenvalue weighted by molar-refractivity contribution is 7.20. The van der Waals surface area contributed by atoms with Crippen LogP contribution in [0.3, 0.4) is 0 Å². The molecule has 0 radical (unpaired) electrons. The Morgan fingerprint density at radius 2 is 1.81 bits per heavy atom. The highest BCUT2D eigenvalue weighted by Gasteiger charge is 2.23. The van der Waals surface area contributed by atoms with Crippen molar-refractivity contribution in [3.05, 3.63) is 59.7 Å². The minimum atomic E-state index is -0.510. The molecule has 0 unspecified atom stereocenters. The standard InChI is InChI=1S/C26H30N6O3S/c1-16-11-13-17(14-12-16)21-22(29-26(2,3)4)32-24(28-21)36-25(30-32)31(5)15-20(33)27-19-10-8-7-9-18(19)23(34)35-6/h7-14,29H,15H2,1-6H3,(H,27,33). The third kappa shape index (κ3) is 5.49. The fourth-order valence-electron chi connectivity index (χ4n) is 3.63. The zero-order chi connectivity index (χ0) is 26.0. The first-order valence-corrected chi connectivity index (χ1v) is 12.3. The van der Waals surface area contributed by atoms with Gasteiger partial charge in [0.05, 0.1) is 24.9 Å². The lowest BCUT2D eigenvalue weighted by atomic mass is 10.1. The number of carbonyl (C=O) groups is 2. The van der Waals surface area contributed by atoms with Gasteiger partial charge < -0.3 is 20.3 Å². The molecule has 4 aromatic rings. The smallest absolute Gasteiger partial charge is 0.339 e. The van der Waals surface area contributed by atoms with E-state index in [4.69, 9.17) is 14.8 Å². The summed E-state index contributed by atoms with van der Waals surface area (Å²) in [5.41, 5.74) is 3.50. The molecular formula is C26H30N6O3S. The molecule has 0 fully saturated rings. The summed E-state index contributed by atoms with van der Waals surface area (Å²) in [6, 6.07) is 15.0. The van der Waals surface area contributed by atoms with Crippen molar-refractivity contribution >= 4 is 44.8 Å². The second-order valence-corrected chi connectivity index (χ2v) is 10.5. The Hall–Kier alpha value is -3.92. The number of benzene rings is 2. The van der Waals surface area contributed by atoms with E-state index in [0.29, 0.717) is 16.4 Å². The summed E-state index contributed by atoms with van der Waals surface area (Å²) in [6.45, 7) is 8.35. The number of methoxy groups -OCH3 is 1. The number of esters is 1. The number of likely N-dealkylation sites (N-methyl/N-ethyl adjacent to an activating group) is 1. The van der Waals surface area contributed by atoms with Gasteiger partial charge in [0.25, 0.3) is 0 Å². The molecule has 1 amide bonds. The van der Waals surface area contributed by atoms with E-state index in [1.807, 2.05) is 0 Å². The van der Waals surface area contributed by atoms with Gasteiger partial charge in [0.1, 0.15) is 5.69 Å². The first-order valence-electron chi connectivity index (χ1n) is 11.5. The first kappa shape index (κ1) is 25.2. The number of fused-ring (bicyclic) bond motifs is 1. The van der Waals surface area contributed by atoms with Crippen LogP contribution in [0, 0.1) is 6.92 Å². The number of aromatic nitrogens is 3. The van der Waals surface area contributed by atoms with Crippen LogP contribution in [0.25, 0.3) is 16.2 Å². The first-order chi connectivity index (χ1) is 17.1. The van der Waals surface area contributed by atoms with Crippen LogP contribution < -0.4 is 15.5 Å². The van der Waals surface area contributed by atoms with Gasteiger partial charge in [-0.1, -0.05) is 53.3 Å². The summed E-state index contributed by atoms with van der Waals surface area (Å²) in [7, 11) is 3.10.